The fourth-order valence-electron chi connectivity index (χ4n) is 1.78. The predicted molar refractivity (Wildman–Crippen MR) is 66.2 cm³/mol. The van der Waals surface area contributed by atoms with Gasteiger partial charge >= 0.3 is 12.1 Å². The molecule has 1 aromatic rings. The van der Waals surface area contributed by atoms with E-state index in [4.69, 9.17) is 10.5 Å². The van der Waals surface area contributed by atoms with Gasteiger partial charge in [0.05, 0.1) is 18.5 Å². The van der Waals surface area contributed by atoms with E-state index in [0.29, 0.717) is 0 Å². The molecule has 1 saturated carbocycles. The molecule has 0 atom stereocenters. The van der Waals surface area contributed by atoms with Crippen LogP contribution >= 0.6 is 0 Å². The first-order valence-electron chi connectivity index (χ1n) is 6.06. The summed E-state index contributed by atoms with van der Waals surface area (Å²) in [6.07, 6.45) is -3.31. The Morgan fingerprint density at radius 2 is 2.20 bits per heavy atom. The van der Waals surface area contributed by atoms with E-state index in [9.17, 15) is 18.0 Å². The van der Waals surface area contributed by atoms with Crippen LogP contribution in [0.1, 0.15) is 30.1 Å². The molecule has 0 saturated heterocycles. The van der Waals surface area contributed by atoms with Crippen molar-refractivity contribution in [3.63, 3.8) is 0 Å². The Morgan fingerprint density at radius 3 is 2.70 bits per heavy atom. The number of hydrogen-bond donors (Lipinski definition) is 2. The third-order valence-electron chi connectivity index (χ3n) is 3.05. The number of rotatable bonds is 4. The molecular formula is C12H14F3N3O2. The minimum absolute atomic E-state index is 0.0508. The van der Waals surface area contributed by atoms with Crippen molar-refractivity contribution in [1.82, 2.24) is 4.98 Å². The van der Waals surface area contributed by atoms with Crippen molar-refractivity contribution in [1.29, 1.82) is 0 Å². The van der Waals surface area contributed by atoms with Crippen molar-refractivity contribution < 1.29 is 22.7 Å². The van der Waals surface area contributed by atoms with Crippen molar-refractivity contribution >= 4 is 17.5 Å². The SMILES string of the molecule is CCOC(=O)c1cc(N)cnc1NC1(C(F)(F)F)CC1. The van der Waals surface area contributed by atoms with Crippen LogP contribution in [0.25, 0.3) is 0 Å². The second-order valence-corrected chi connectivity index (χ2v) is 4.59. The number of carbonyl (C=O) groups is 1. The van der Waals surface area contributed by atoms with Crippen molar-refractivity contribution in [2.24, 2.45) is 0 Å². The zero-order valence-electron chi connectivity index (χ0n) is 10.8. The molecule has 0 spiro atoms. The molecule has 20 heavy (non-hydrogen) atoms. The van der Waals surface area contributed by atoms with Gasteiger partial charge in [-0.3, -0.25) is 0 Å². The highest BCUT2D eigenvalue weighted by Gasteiger charge is 2.64. The molecule has 3 N–H and O–H groups in total. The Hall–Kier alpha value is -1.99. The minimum atomic E-state index is -4.40. The molecule has 2 rings (SSSR count). The van der Waals surface area contributed by atoms with Gasteiger partial charge in [0.15, 0.2) is 0 Å². The maximum Gasteiger partial charge on any atom is 0.411 e. The second kappa shape index (κ2) is 4.84. The summed E-state index contributed by atoms with van der Waals surface area (Å²) in [5, 5.41) is 2.31. The molecule has 110 valence electrons. The molecule has 5 nitrogen and oxygen atoms in total. The lowest BCUT2D eigenvalue weighted by Crippen LogP contribution is -2.39. The number of carbonyl (C=O) groups excluding carboxylic acids is 1. The summed E-state index contributed by atoms with van der Waals surface area (Å²) in [4.78, 5) is 15.5. The molecule has 0 aromatic carbocycles. The third-order valence-corrected chi connectivity index (χ3v) is 3.05. The van der Waals surface area contributed by atoms with Gasteiger partial charge in [0.1, 0.15) is 16.9 Å². The Bertz CT molecular complexity index is 527. The smallest absolute Gasteiger partial charge is 0.411 e. The number of pyridine rings is 1. The number of nitrogen functional groups attached to an aromatic ring is 1. The topological polar surface area (TPSA) is 77.2 Å². The number of anilines is 2. The van der Waals surface area contributed by atoms with Crippen LogP contribution in [-0.2, 0) is 4.74 Å². The van der Waals surface area contributed by atoms with Crippen molar-refractivity contribution in [2.75, 3.05) is 17.7 Å². The first-order chi connectivity index (χ1) is 9.29. The second-order valence-electron chi connectivity index (χ2n) is 4.59. The van der Waals surface area contributed by atoms with Gasteiger partial charge in [-0.1, -0.05) is 0 Å². The number of ether oxygens (including phenoxy) is 1. The Kier molecular flexibility index (Phi) is 3.49. The molecule has 0 amide bonds. The van der Waals surface area contributed by atoms with Gasteiger partial charge in [0.2, 0.25) is 0 Å². The van der Waals surface area contributed by atoms with E-state index < -0.39 is 17.7 Å². The van der Waals surface area contributed by atoms with E-state index in [1.807, 2.05) is 0 Å². The van der Waals surface area contributed by atoms with Crippen LogP contribution in [0.3, 0.4) is 0 Å². The van der Waals surface area contributed by atoms with Gasteiger partial charge in [-0.15, -0.1) is 0 Å². The number of hydrogen-bond acceptors (Lipinski definition) is 5. The summed E-state index contributed by atoms with van der Waals surface area (Å²) >= 11 is 0. The Morgan fingerprint density at radius 1 is 1.55 bits per heavy atom. The molecule has 1 heterocycles. The highest BCUT2D eigenvalue weighted by atomic mass is 19.4. The van der Waals surface area contributed by atoms with E-state index in [0.717, 1.165) is 0 Å². The number of nitrogens with two attached hydrogens (primary N) is 1. The molecular weight excluding hydrogens is 275 g/mol. The average Bonchev–Trinajstić information content (AvgIpc) is 3.12. The molecule has 1 aliphatic carbocycles. The summed E-state index contributed by atoms with van der Waals surface area (Å²) in [5.41, 5.74) is 3.59. The number of aromatic nitrogens is 1. The summed E-state index contributed by atoms with van der Waals surface area (Å²) < 4.78 is 43.5. The summed E-state index contributed by atoms with van der Waals surface area (Å²) in [7, 11) is 0. The van der Waals surface area contributed by atoms with Crippen LogP contribution in [0, 0.1) is 0 Å². The predicted octanol–water partition coefficient (Wildman–Crippen LogP) is 2.35. The Balaban J connectivity index is 2.31. The monoisotopic (exact) mass is 289 g/mol. The van der Waals surface area contributed by atoms with Gasteiger partial charge in [0.25, 0.3) is 0 Å². The molecule has 1 aromatic heterocycles. The van der Waals surface area contributed by atoms with Gasteiger partial charge in [-0.05, 0) is 25.8 Å². The fraction of sp³-hybridized carbons (Fsp3) is 0.500. The number of halogens is 3. The minimum Gasteiger partial charge on any atom is -0.462 e. The zero-order chi connectivity index (χ0) is 15.0. The molecule has 0 unspecified atom stereocenters. The first-order valence-corrected chi connectivity index (χ1v) is 6.06. The number of nitrogens with zero attached hydrogens (tertiary/aromatic N) is 1. The summed E-state index contributed by atoms with van der Waals surface area (Å²) in [6, 6.07) is 1.25. The van der Waals surface area contributed by atoms with E-state index in [1.165, 1.54) is 12.3 Å². The number of esters is 1. The van der Waals surface area contributed by atoms with Gasteiger partial charge in [-0.25, -0.2) is 9.78 Å². The standard InChI is InChI=1S/C12H14F3N3O2/c1-2-20-10(19)8-5-7(16)6-17-9(8)18-11(3-4-11)12(13,14)15/h5-6H,2-4,16H2,1H3,(H,17,18). The van der Waals surface area contributed by atoms with Crippen LogP contribution in [0.4, 0.5) is 24.7 Å². The maximum absolute atomic E-state index is 12.9. The van der Waals surface area contributed by atoms with Crippen LogP contribution in [-0.4, -0.2) is 29.3 Å². The van der Waals surface area contributed by atoms with E-state index in [1.54, 1.807) is 6.92 Å². The van der Waals surface area contributed by atoms with Crippen LogP contribution in [0.5, 0.6) is 0 Å². The highest BCUT2D eigenvalue weighted by molar-refractivity contribution is 5.95. The Labute approximate surface area is 113 Å². The largest absolute Gasteiger partial charge is 0.462 e. The molecule has 8 heteroatoms. The van der Waals surface area contributed by atoms with Crippen LogP contribution < -0.4 is 11.1 Å². The first kappa shape index (κ1) is 14.4. The highest BCUT2D eigenvalue weighted by Crippen LogP contribution is 2.51. The average molecular weight is 289 g/mol. The lowest BCUT2D eigenvalue weighted by molar-refractivity contribution is -0.151. The quantitative estimate of drug-likeness (QED) is 0.832. The zero-order valence-corrected chi connectivity index (χ0v) is 10.8. The normalized spacial score (nSPS) is 16.6. The molecule has 0 bridgehead atoms. The van der Waals surface area contributed by atoms with Gasteiger partial charge in [-0.2, -0.15) is 13.2 Å². The lowest BCUT2D eigenvalue weighted by Gasteiger charge is -2.22. The van der Waals surface area contributed by atoms with Gasteiger partial charge < -0.3 is 15.8 Å². The van der Waals surface area contributed by atoms with Crippen LogP contribution in [0.2, 0.25) is 0 Å². The number of alkyl halides is 3. The molecule has 0 radical (unpaired) electrons. The molecule has 1 fully saturated rings. The van der Waals surface area contributed by atoms with E-state index >= 15 is 0 Å². The number of nitrogens with one attached hydrogen (secondary N) is 1. The van der Waals surface area contributed by atoms with Crippen molar-refractivity contribution in [3.05, 3.63) is 17.8 Å². The third kappa shape index (κ3) is 2.63. The van der Waals surface area contributed by atoms with Crippen molar-refractivity contribution in [2.45, 2.75) is 31.5 Å². The maximum atomic E-state index is 12.9. The van der Waals surface area contributed by atoms with Crippen LogP contribution in [0.15, 0.2) is 12.3 Å². The summed E-state index contributed by atoms with van der Waals surface area (Å²) in [5.74, 6) is -0.916. The molecule has 0 aliphatic heterocycles. The molecule has 1 aliphatic rings. The van der Waals surface area contributed by atoms with E-state index in [-0.39, 0.29) is 36.5 Å². The summed E-state index contributed by atoms with van der Waals surface area (Å²) in [6.45, 7) is 1.71. The van der Waals surface area contributed by atoms with Crippen molar-refractivity contribution in [3.8, 4) is 0 Å². The fourth-order valence-corrected chi connectivity index (χ4v) is 1.78. The van der Waals surface area contributed by atoms with Gasteiger partial charge in [0, 0.05) is 0 Å². The lowest BCUT2D eigenvalue weighted by atomic mass is 10.2. The van der Waals surface area contributed by atoms with E-state index in [2.05, 4.69) is 10.3 Å².